The van der Waals surface area contributed by atoms with E-state index < -0.39 is 18.5 Å². The Labute approximate surface area is 121 Å². The fourth-order valence-corrected chi connectivity index (χ4v) is 1.61. The zero-order valence-corrected chi connectivity index (χ0v) is 11.6. The molecule has 0 amide bonds. The Kier molecular flexibility index (Phi) is 4.55. The summed E-state index contributed by atoms with van der Waals surface area (Å²) in [5.74, 6) is -1.15. The third kappa shape index (κ3) is 3.38. The van der Waals surface area contributed by atoms with Crippen LogP contribution in [0.25, 0.3) is 5.69 Å². The predicted octanol–water partition coefficient (Wildman–Crippen LogP) is 1.21. The summed E-state index contributed by atoms with van der Waals surface area (Å²) in [6, 6.07) is 9.22. The van der Waals surface area contributed by atoms with Crippen molar-refractivity contribution in [3.05, 3.63) is 42.2 Å². The molecule has 0 saturated carbocycles. The van der Waals surface area contributed by atoms with Crippen LogP contribution in [0.4, 0.5) is 0 Å². The summed E-state index contributed by atoms with van der Waals surface area (Å²) in [7, 11) is 2.63. The monoisotopic (exact) mass is 290 g/mol. The second kappa shape index (κ2) is 6.56. The van der Waals surface area contributed by atoms with Gasteiger partial charge in [-0.2, -0.15) is 5.10 Å². The van der Waals surface area contributed by atoms with Crippen LogP contribution in [0.2, 0.25) is 0 Å². The van der Waals surface area contributed by atoms with Crippen LogP contribution in [0.1, 0.15) is 10.5 Å². The molecule has 0 radical (unpaired) electrons. The van der Waals surface area contributed by atoms with Gasteiger partial charge in [0.05, 0.1) is 26.1 Å². The van der Waals surface area contributed by atoms with E-state index in [1.54, 1.807) is 6.20 Å². The van der Waals surface area contributed by atoms with Gasteiger partial charge in [-0.25, -0.2) is 14.3 Å². The van der Waals surface area contributed by atoms with Crippen LogP contribution >= 0.6 is 0 Å². The van der Waals surface area contributed by atoms with E-state index in [1.165, 1.54) is 18.9 Å². The largest absolute Gasteiger partial charge is 0.493 e. The van der Waals surface area contributed by atoms with Crippen LogP contribution < -0.4 is 4.74 Å². The summed E-state index contributed by atoms with van der Waals surface area (Å²) in [5.41, 5.74) is 0.757. The highest BCUT2D eigenvalue weighted by atomic mass is 16.6. The molecule has 0 fully saturated rings. The maximum absolute atomic E-state index is 11.9. The lowest BCUT2D eigenvalue weighted by atomic mass is 10.3. The fourth-order valence-electron chi connectivity index (χ4n) is 1.61. The van der Waals surface area contributed by atoms with Crippen molar-refractivity contribution in [1.82, 2.24) is 9.78 Å². The number of hydrogen-bond donors (Lipinski definition) is 0. The van der Waals surface area contributed by atoms with Crippen LogP contribution in [0.3, 0.4) is 0 Å². The number of para-hydroxylation sites is 1. The van der Waals surface area contributed by atoms with Crippen LogP contribution in [0.15, 0.2) is 36.5 Å². The molecule has 0 spiro atoms. The molecule has 1 heterocycles. The van der Waals surface area contributed by atoms with E-state index in [2.05, 4.69) is 9.84 Å². The Balaban J connectivity index is 2.21. The lowest BCUT2D eigenvalue weighted by Crippen LogP contribution is -2.16. The van der Waals surface area contributed by atoms with Crippen molar-refractivity contribution in [2.45, 2.75) is 0 Å². The van der Waals surface area contributed by atoms with E-state index in [9.17, 15) is 9.59 Å². The molecule has 0 aliphatic carbocycles. The quantitative estimate of drug-likeness (QED) is 0.770. The normalized spacial score (nSPS) is 10.0. The first-order chi connectivity index (χ1) is 10.2. The van der Waals surface area contributed by atoms with Crippen molar-refractivity contribution in [3.8, 4) is 11.4 Å². The molecule has 0 N–H and O–H groups in total. The number of benzene rings is 1. The number of esters is 2. The van der Waals surface area contributed by atoms with Crippen molar-refractivity contribution in [2.75, 3.05) is 20.8 Å². The van der Waals surface area contributed by atoms with Crippen LogP contribution in [0.5, 0.6) is 5.75 Å². The summed E-state index contributed by atoms with van der Waals surface area (Å²) in [6.45, 7) is -0.476. The standard InChI is InChI=1S/C14H14N2O5/c1-19-11-8-16(10-6-4-3-5-7-10)15-13(11)14(18)21-9-12(17)20-2/h3-8H,9H2,1-2H3. The van der Waals surface area contributed by atoms with Crippen LogP contribution in [-0.2, 0) is 14.3 Å². The van der Waals surface area contributed by atoms with E-state index >= 15 is 0 Å². The second-order valence-electron chi connectivity index (χ2n) is 3.98. The van der Waals surface area contributed by atoms with Gasteiger partial charge in [0.2, 0.25) is 5.69 Å². The maximum atomic E-state index is 11.9. The Hall–Kier alpha value is -2.83. The highest BCUT2D eigenvalue weighted by Gasteiger charge is 2.20. The van der Waals surface area contributed by atoms with Gasteiger partial charge in [-0.1, -0.05) is 18.2 Å². The number of ether oxygens (including phenoxy) is 3. The zero-order chi connectivity index (χ0) is 15.2. The molecule has 7 heteroatoms. The number of methoxy groups -OCH3 is 2. The topological polar surface area (TPSA) is 79.7 Å². The average Bonchev–Trinajstić information content (AvgIpc) is 2.97. The highest BCUT2D eigenvalue weighted by molar-refractivity contribution is 5.91. The molecule has 0 atom stereocenters. The summed E-state index contributed by atoms with van der Waals surface area (Å²) in [4.78, 5) is 22.9. The van der Waals surface area contributed by atoms with Crippen molar-refractivity contribution >= 4 is 11.9 Å². The molecule has 110 valence electrons. The Morgan fingerprint density at radius 3 is 2.52 bits per heavy atom. The third-order valence-corrected chi connectivity index (χ3v) is 2.66. The minimum absolute atomic E-state index is 0.00902. The number of rotatable bonds is 5. The Bertz CT molecular complexity index is 636. The first-order valence-electron chi connectivity index (χ1n) is 6.08. The molecule has 2 aromatic rings. The smallest absolute Gasteiger partial charge is 0.363 e. The van der Waals surface area contributed by atoms with Gasteiger partial charge in [0.15, 0.2) is 12.4 Å². The summed E-state index contributed by atoms with van der Waals surface area (Å²) in [5, 5.41) is 4.12. The molecule has 1 aromatic heterocycles. The number of carbonyl (C=O) groups excluding carboxylic acids is 2. The highest BCUT2D eigenvalue weighted by Crippen LogP contribution is 2.20. The molecular weight excluding hydrogens is 276 g/mol. The maximum Gasteiger partial charge on any atom is 0.363 e. The Morgan fingerprint density at radius 2 is 1.90 bits per heavy atom. The molecule has 0 bridgehead atoms. The fraction of sp³-hybridized carbons (Fsp3) is 0.214. The van der Waals surface area contributed by atoms with Gasteiger partial charge in [-0.15, -0.1) is 0 Å². The summed E-state index contributed by atoms with van der Waals surface area (Å²) in [6.07, 6.45) is 1.56. The SMILES string of the molecule is COC(=O)COC(=O)c1nn(-c2ccccc2)cc1OC. The Morgan fingerprint density at radius 1 is 1.19 bits per heavy atom. The van der Waals surface area contributed by atoms with Gasteiger partial charge in [0.1, 0.15) is 0 Å². The van der Waals surface area contributed by atoms with Crippen LogP contribution in [-0.4, -0.2) is 42.5 Å². The predicted molar refractivity (Wildman–Crippen MR) is 72.4 cm³/mol. The number of aromatic nitrogens is 2. The molecule has 2 rings (SSSR count). The average molecular weight is 290 g/mol. The van der Waals surface area contributed by atoms with E-state index in [1.807, 2.05) is 30.3 Å². The second-order valence-corrected chi connectivity index (χ2v) is 3.98. The van der Waals surface area contributed by atoms with Gasteiger partial charge in [-0.3, -0.25) is 0 Å². The van der Waals surface area contributed by atoms with Crippen molar-refractivity contribution in [1.29, 1.82) is 0 Å². The molecule has 1 aromatic carbocycles. The number of carbonyl (C=O) groups is 2. The molecule has 0 aliphatic rings. The lowest BCUT2D eigenvalue weighted by molar-refractivity contribution is -0.144. The van der Waals surface area contributed by atoms with Gasteiger partial charge < -0.3 is 14.2 Å². The van der Waals surface area contributed by atoms with Crippen molar-refractivity contribution < 1.29 is 23.8 Å². The van der Waals surface area contributed by atoms with Gasteiger partial charge in [0, 0.05) is 0 Å². The van der Waals surface area contributed by atoms with Gasteiger partial charge in [-0.05, 0) is 12.1 Å². The molecular formula is C14H14N2O5. The minimum Gasteiger partial charge on any atom is -0.493 e. The van der Waals surface area contributed by atoms with Gasteiger partial charge in [0.25, 0.3) is 0 Å². The number of nitrogens with zero attached hydrogens (tertiary/aromatic N) is 2. The zero-order valence-electron chi connectivity index (χ0n) is 11.6. The van der Waals surface area contributed by atoms with E-state index in [4.69, 9.17) is 9.47 Å². The van der Waals surface area contributed by atoms with E-state index in [0.717, 1.165) is 5.69 Å². The van der Waals surface area contributed by atoms with Crippen molar-refractivity contribution in [2.24, 2.45) is 0 Å². The van der Waals surface area contributed by atoms with E-state index in [0.29, 0.717) is 0 Å². The molecule has 21 heavy (non-hydrogen) atoms. The van der Waals surface area contributed by atoms with Gasteiger partial charge >= 0.3 is 11.9 Å². The first kappa shape index (κ1) is 14.6. The molecule has 0 unspecified atom stereocenters. The third-order valence-electron chi connectivity index (χ3n) is 2.66. The summed E-state index contributed by atoms with van der Waals surface area (Å²) < 4.78 is 15.8. The molecule has 0 saturated heterocycles. The lowest BCUT2D eigenvalue weighted by Gasteiger charge is -2.02. The summed E-state index contributed by atoms with van der Waals surface area (Å²) >= 11 is 0. The van der Waals surface area contributed by atoms with Crippen LogP contribution in [0, 0.1) is 0 Å². The first-order valence-corrected chi connectivity index (χ1v) is 6.08. The van der Waals surface area contributed by atoms with E-state index in [-0.39, 0.29) is 11.4 Å². The number of hydrogen-bond acceptors (Lipinski definition) is 6. The molecule has 7 nitrogen and oxygen atoms in total. The minimum atomic E-state index is -0.757. The molecule has 0 aliphatic heterocycles. The van der Waals surface area contributed by atoms with Crippen molar-refractivity contribution in [3.63, 3.8) is 0 Å².